The molecular formula is C16H17N5O2. The van der Waals surface area contributed by atoms with Crippen LogP contribution in [0.25, 0.3) is 5.69 Å². The molecule has 2 N–H and O–H groups in total. The summed E-state index contributed by atoms with van der Waals surface area (Å²) in [6.07, 6.45) is 3.66. The molecule has 0 saturated carbocycles. The summed E-state index contributed by atoms with van der Waals surface area (Å²) >= 11 is 0. The molecule has 2 aromatic heterocycles. The number of ether oxygens (including phenoxy) is 1. The number of rotatable bonds is 4. The fourth-order valence-electron chi connectivity index (χ4n) is 2.26. The maximum atomic E-state index is 9.54. The summed E-state index contributed by atoms with van der Waals surface area (Å²) in [5, 5.41) is 12.6. The van der Waals surface area contributed by atoms with Gasteiger partial charge in [-0.3, -0.25) is 0 Å². The van der Waals surface area contributed by atoms with Crippen LogP contribution in [0.1, 0.15) is 11.4 Å². The maximum absolute atomic E-state index is 9.54. The minimum atomic E-state index is -0.0718. The minimum absolute atomic E-state index is 0.0718. The summed E-state index contributed by atoms with van der Waals surface area (Å²) in [7, 11) is 1.61. The number of methoxy groups -OCH3 is 1. The molecule has 0 unspecified atom stereocenters. The number of nitrogens with zero attached hydrogens (tertiary/aromatic N) is 4. The smallest absolute Gasteiger partial charge is 0.230 e. The normalized spacial score (nSPS) is 10.6. The van der Waals surface area contributed by atoms with Gasteiger partial charge in [-0.15, -0.1) is 0 Å². The van der Waals surface area contributed by atoms with Gasteiger partial charge in [0.05, 0.1) is 24.8 Å². The molecule has 3 rings (SSSR count). The molecule has 0 aliphatic carbocycles. The highest BCUT2D eigenvalue weighted by atomic mass is 16.5. The van der Waals surface area contributed by atoms with Gasteiger partial charge in [0.2, 0.25) is 11.8 Å². The van der Waals surface area contributed by atoms with Crippen LogP contribution < -0.4 is 10.1 Å². The van der Waals surface area contributed by atoms with Crippen molar-refractivity contribution < 1.29 is 9.84 Å². The highest BCUT2D eigenvalue weighted by molar-refractivity contribution is 5.62. The van der Waals surface area contributed by atoms with Gasteiger partial charge in [-0.2, -0.15) is 4.98 Å². The molecule has 0 radical (unpaired) electrons. The zero-order chi connectivity index (χ0) is 16.4. The van der Waals surface area contributed by atoms with E-state index in [-0.39, 0.29) is 5.88 Å². The largest absolute Gasteiger partial charge is 0.494 e. The number of hydrogen-bond donors (Lipinski definition) is 2. The first-order valence-corrected chi connectivity index (χ1v) is 7.06. The van der Waals surface area contributed by atoms with Crippen LogP contribution in [0.4, 0.5) is 11.6 Å². The van der Waals surface area contributed by atoms with Crippen molar-refractivity contribution >= 4 is 11.6 Å². The molecule has 0 aliphatic heterocycles. The molecule has 23 heavy (non-hydrogen) atoms. The molecule has 7 nitrogen and oxygen atoms in total. The third-order valence-corrected chi connectivity index (χ3v) is 3.27. The predicted octanol–water partition coefficient (Wildman–Crippen LogP) is 2.74. The lowest BCUT2D eigenvalue weighted by Gasteiger charge is -2.12. The Bertz CT molecular complexity index is 824. The SMILES string of the molecule is COc1cc(Nc2nc(C)cc(O)n2)ccc1-n1cnc(C)c1. The lowest BCUT2D eigenvalue weighted by Crippen LogP contribution is -2.00. The lowest BCUT2D eigenvalue weighted by atomic mass is 10.2. The number of aryl methyl sites for hydroxylation is 2. The fourth-order valence-corrected chi connectivity index (χ4v) is 2.26. The highest BCUT2D eigenvalue weighted by Gasteiger charge is 2.09. The van der Waals surface area contributed by atoms with Gasteiger partial charge in [-0.1, -0.05) is 0 Å². The van der Waals surface area contributed by atoms with Crippen LogP contribution in [0.3, 0.4) is 0 Å². The first kappa shape index (κ1) is 14.8. The van der Waals surface area contributed by atoms with Gasteiger partial charge in [0, 0.05) is 29.7 Å². The van der Waals surface area contributed by atoms with E-state index in [9.17, 15) is 5.11 Å². The van der Waals surface area contributed by atoms with Crippen LogP contribution in [0.15, 0.2) is 36.8 Å². The molecule has 0 bridgehead atoms. The zero-order valence-corrected chi connectivity index (χ0v) is 13.1. The van der Waals surface area contributed by atoms with Gasteiger partial charge >= 0.3 is 0 Å². The zero-order valence-electron chi connectivity index (χ0n) is 13.1. The number of nitrogens with one attached hydrogen (secondary N) is 1. The topological polar surface area (TPSA) is 85.1 Å². The summed E-state index contributed by atoms with van der Waals surface area (Å²) in [6.45, 7) is 3.72. The molecule has 0 fully saturated rings. The van der Waals surface area contributed by atoms with Crippen molar-refractivity contribution in [2.24, 2.45) is 0 Å². The number of aromatic nitrogens is 4. The van der Waals surface area contributed by atoms with Crippen molar-refractivity contribution in [3.63, 3.8) is 0 Å². The fraction of sp³-hybridized carbons (Fsp3) is 0.188. The summed E-state index contributed by atoms with van der Waals surface area (Å²) in [5.41, 5.74) is 3.24. The monoisotopic (exact) mass is 311 g/mol. The summed E-state index contributed by atoms with van der Waals surface area (Å²) in [4.78, 5) is 12.4. The van der Waals surface area contributed by atoms with Gasteiger partial charge in [-0.05, 0) is 26.0 Å². The molecule has 0 atom stereocenters. The van der Waals surface area contributed by atoms with Crippen LogP contribution in [0.5, 0.6) is 11.6 Å². The Morgan fingerprint density at radius 1 is 1.13 bits per heavy atom. The second-order valence-corrected chi connectivity index (χ2v) is 5.13. The van der Waals surface area contributed by atoms with Crippen molar-refractivity contribution in [3.8, 4) is 17.3 Å². The molecule has 1 aromatic carbocycles. The molecule has 118 valence electrons. The van der Waals surface area contributed by atoms with E-state index in [2.05, 4.69) is 20.3 Å². The van der Waals surface area contributed by atoms with Crippen molar-refractivity contribution in [2.75, 3.05) is 12.4 Å². The molecule has 0 aliphatic rings. The van der Waals surface area contributed by atoms with Crippen molar-refractivity contribution in [2.45, 2.75) is 13.8 Å². The van der Waals surface area contributed by atoms with Crippen LogP contribution in [-0.2, 0) is 0 Å². The quantitative estimate of drug-likeness (QED) is 0.770. The molecule has 2 heterocycles. The van der Waals surface area contributed by atoms with Gasteiger partial charge in [0.1, 0.15) is 5.75 Å². The van der Waals surface area contributed by atoms with Gasteiger partial charge in [0.25, 0.3) is 0 Å². The van der Waals surface area contributed by atoms with E-state index in [1.165, 1.54) is 6.07 Å². The van der Waals surface area contributed by atoms with E-state index in [0.29, 0.717) is 17.4 Å². The highest BCUT2D eigenvalue weighted by Crippen LogP contribution is 2.28. The van der Waals surface area contributed by atoms with E-state index in [4.69, 9.17) is 4.74 Å². The van der Waals surface area contributed by atoms with Crippen molar-refractivity contribution in [1.29, 1.82) is 0 Å². The standard InChI is InChI=1S/C16H17N5O2/c1-10-6-15(22)20-16(18-10)19-12-4-5-13(14(7-12)23-3)21-8-11(2)17-9-21/h4-9H,1-3H3,(H2,18,19,20,22). The van der Waals surface area contributed by atoms with E-state index in [1.807, 2.05) is 35.9 Å². The van der Waals surface area contributed by atoms with Crippen LogP contribution in [0.2, 0.25) is 0 Å². The van der Waals surface area contributed by atoms with Gasteiger partial charge < -0.3 is 19.7 Å². The maximum Gasteiger partial charge on any atom is 0.230 e. The lowest BCUT2D eigenvalue weighted by molar-refractivity contribution is 0.413. The van der Waals surface area contributed by atoms with Crippen LogP contribution in [-0.4, -0.2) is 31.7 Å². The Morgan fingerprint density at radius 2 is 1.96 bits per heavy atom. The van der Waals surface area contributed by atoms with Gasteiger partial charge in [0.15, 0.2) is 0 Å². The van der Waals surface area contributed by atoms with E-state index in [0.717, 1.165) is 17.1 Å². The number of benzene rings is 1. The van der Waals surface area contributed by atoms with E-state index in [1.54, 1.807) is 20.4 Å². The first-order chi connectivity index (χ1) is 11.0. The Balaban J connectivity index is 1.92. The summed E-state index contributed by atoms with van der Waals surface area (Å²) in [6, 6.07) is 7.14. The van der Waals surface area contributed by atoms with Crippen molar-refractivity contribution in [3.05, 3.63) is 48.2 Å². The molecule has 0 spiro atoms. The molecular weight excluding hydrogens is 294 g/mol. The average molecular weight is 311 g/mol. The second kappa shape index (κ2) is 5.96. The third-order valence-electron chi connectivity index (χ3n) is 3.27. The Labute approximate surface area is 133 Å². The molecule has 0 saturated heterocycles. The van der Waals surface area contributed by atoms with Crippen LogP contribution in [0, 0.1) is 13.8 Å². The average Bonchev–Trinajstić information content (AvgIpc) is 2.92. The van der Waals surface area contributed by atoms with E-state index < -0.39 is 0 Å². The Hall–Kier alpha value is -3.09. The predicted molar refractivity (Wildman–Crippen MR) is 86.6 cm³/mol. The van der Waals surface area contributed by atoms with Gasteiger partial charge in [-0.25, -0.2) is 9.97 Å². The third kappa shape index (κ3) is 3.23. The Morgan fingerprint density at radius 3 is 2.61 bits per heavy atom. The summed E-state index contributed by atoms with van der Waals surface area (Å²) in [5.74, 6) is 0.942. The second-order valence-electron chi connectivity index (χ2n) is 5.13. The number of hydrogen-bond acceptors (Lipinski definition) is 6. The molecule has 0 amide bonds. The Kier molecular flexibility index (Phi) is 3.84. The molecule has 3 aromatic rings. The summed E-state index contributed by atoms with van der Waals surface area (Å²) < 4.78 is 7.35. The molecule has 7 heteroatoms. The minimum Gasteiger partial charge on any atom is -0.494 e. The number of aromatic hydroxyl groups is 1. The van der Waals surface area contributed by atoms with Crippen LogP contribution >= 0.6 is 0 Å². The van der Waals surface area contributed by atoms with Crippen molar-refractivity contribution in [1.82, 2.24) is 19.5 Å². The van der Waals surface area contributed by atoms with E-state index >= 15 is 0 Å². The number of imidazole rings is 1. The number of anilines is 2. The first-order valence-electron chi connectivity index (χ1n) is 7.06.